The van der Waals surface area contributed by atoms with Gasteiger partial charge in [-0.2, -0.15) is 10.3 Å². The van der Waals surface area contributed by atoms with Crippen LogP contribution in [0.3, 0.4) is 0 Å². The molecule has 2 saturated heterocycles. The number of carbonyl (C=O) groups excluding carboxylic acids is 3. The fourth-order valence-electron chi connectivity index (χ4n) is 5.06. The van der Waals surface area contributed by atoms with Gasteiger partial charge in [-0.05, 0) is 17.2 Å². The van der Waals surface area contributed by atoms with E-state index in [-0.39, 0.29) is 38.0 Å². The monoisotopic (exact) mass is 518 g/mol. The summed E-state index contributed by atoms with van der Waals surface area (Å²) in [6, 6.07) is 16.0. The first kappa shape index (κ1) is 24.5. The first-order valence-electron chi connectivity index (χ1n) is 11.8. The minimum absolute atomic E-state index is 0.107. The van der Waals surface area contributed by atoms with Crippen LogP contribution in [0.5, 0.6) is 0 Å². The molecule has 3 heterocycles. The van der Waals surface area contributed by atoms with Gasteiger partial charge in [-0.15, -0.1) is 0 Å². The van der Waals surface area contributed by atoms with E-state index < -0.39 is 18.2 Å². The molecule has 2 aromatic carbocycles. The van der Waals surface area contributed by atoms with Gasteiger partial charge in [0, 0.05) is 20.0 Å². The number of urea groups is 1. The zero-order valence-electron chi connectivity index (χ0n) is 20.2. The topological polar surface area (TPSA) is 139 Å². The van der Waals surface area contributed by atoms with Gasteiger partial charge in [0.1, 0.15) is 18.8 Å². The second kappa shape index (κ2) is 10.0. The number of benzene rings is 2. The summed E-state index contributed by atoms with van der Waals surface area (Å²) >= 11 is 1.38. The molecule has 0 radical (unpaired) electrons. The predicted molar refractivity (Wildman–Crippen MR) is 137 cm³/mol. The number of nitrogen functional groups attached to an aromatic ring is 1. The number of anilines is 1. The van der Waals surface area contributed by atoms with Crippen molar-refractivity contribution in [2.24, 2.45) is 0 Å². The zero-order chi connectivity index (χ0) is 26.1. The van der Waals surface area contributed by atoms with E-state index in [1.54, 1.807) is 14.8 Å². The lowest BCUT2D eigenvalue weighted by molar-refractivity contribution is -0.157. The standard InChI is InChI=1S/C25H26N8O3S/c1-28-25(36)31(11-10-26)32-15-21(34)33-18(12-16-6-3-2-4-7-16)23(35)30(14-20(32)33)13-17-8-5-9-19-22(17)29-24(27)37-19/h2-9,18,20H,11-15H2,1H3,(H2,27,29)(H,28,36)/t18-,20+/m0/s1. The molecule has 4 amide bonds. The van der Waals surface area contributed by atoms with Crippen molar-refractivity contribution in [1.29, 1.82) is 5.26 Å². The van der Waals surface area contributed by atoms with Crippen molar-refractivity contribution in [3.8, 4) is 6.07 Å². The van der Waals surface area contributed by atoms with Gasteiger partial charge in [-0.3, -0.25) is 9.59 Å². The third kappa shape index (κ3) is 4.54. The first-order valence-corrected chi connectivity index (χ1v) is 12.6. The van der Waals surface area contributed by atoms with Crippen molar-refractivity contribution >= 4 is 44.5 Å². The van der Waals surface area contributed by atoms with Crippen LogP contribution < -0.4 is 11.1 Å². The Bertz CT molecular complexity index is 1390. The number of hydrogen-bond acceptors (Lipinski definition) is 8. The molecule has 0 saturated carbocycles. The third-order valence-electron chi connectivity index (χ3n) is 6.70. The number of hydrogen-bond donors (Lipinski definition) is 2. The summed E-state index contributed by atoms with van der Waals surface area (Å²) in [5.41, 5.74) is 8.45. The van der Waals surface area contributed by atoms with Gasteiger partial charge in [-0.1, -0.05) is 53.8 Å². The summed E-state index contributed by atoms with van der Waals surface area (Å²) in [5.74, 6) is -0.442. The fourth-order valence-corrected chi connectivity index (χ4v) is 5.84. The average molecular weight is 519 g/mol. The molecule has 0 bridgehead atoms. The number of nitrogens with zero attached hydrogens (tertiary/aromatic N) is 6. The second-order valence-corrected chi connectivity index (χ2v) is 9.95. The van der Waals surface area contributed by atoms with Crippen LogP contribution in [0.15, 0.2) is 48.5 Å². The molecule has 0 unspecified atom stereocenters. The highest BCUT2D eigenvalue weighted by Crippen LogP contribution is 2.32. The van der Waals surface area contributed by atoms with Crippen molar-refractivity contribution in [3.05, 3.63) is 59.7 Å². The highest BCUT2D eigenvalue weighted by atomic mass is 32.1. The normalized spacial score (nSPS) is 19.7. The minimum atomic E-state index is -0.757. The van der Waals surface area contributed by atoms with E-state index in [2.05, 4.69) is 10.3 Å². The number of nitrogens with two attached hydrogens (primary N) is 1. The van der Waals surface area contributed by atoms with Gasteiger partial charge in [0.05, 0.1) is 29.4 Å². The molecule has 2 aliphatic heterocycles. The number of nitriles is 1. The minimum Gasteiger partial charge on any atom is -0.375 e. The number of rotatable bonds is 6. The van der Waals surface area contributed by atoms with E-state index in [9.17, 15) is 19.6 Å². The van der Waals surface area contributed by atoms with Crippen LogP contribution in [-0.4, -0.2) is 81.5 Å². The van der Waals surface area contributed by atoms with Gasteiger partial charge in [0.25, 0.3) is 0 Å². The van der Waals surface area contributed by atoms with E-state index in [0.29, 0.717) is 11.6 Å². The molecule has 11 nitrogen and oxygen atoms in total. The summed E-state index contributed by atoms with van der Waals surface area (Å²) in [7, 11) is 1.47. The maximum atomic E-state index is 13.9. The van der Waals surface area contributed by atoms with Crippen molar-refractivity contribution in [3.63, 3.8) is 0 Å². The molecule has 0 aliphatic carbocycles. The maximum absolute atomic E-state index is 13.9. The second-order valence-electron chi connectivity index (χ2n) is 8.89. The van der Waals surface area contributed by atoms with Gasteiger partial charge < -0.3 is 20.9 Å². The van der Waals surface area contributed by atoms with Gasteiger partial charge in [0.2, 0.25) is 11.8 Å². The Morgan fingerprint density at radius 2 is 2.03 bits per heavy atom. The van der Waals surface area contributed by atoms with E-state index in [0.717, 1.165) is 21.3 Å². The number of aromatic nitrogens is 1. The Hall–Kier alpha value is -4.21. The van der Waals surface area contributed by atoms with E-state index in [1.165, 1.54) is 23.4 Å². The quantitative estimate of drug-likeness (QED) is 0.470. The molecule has 2 atom stereocenters. The summed E-state index contributed by atoms with van der Waals surface area (Å²) in [5, 5.41) is 15.2. The molecule has 190 valence electrons. The fraction of sp³-hybridized carbons (Fsp3) is 0.320. The SMILES string of the molecule is CNC(=O)N(CC#N)N1CC(=O)N2[C@@H](Cc3ccccc3)C(=O)N(Cc3cccc4sc(N)nc34)C[C@@H]21. The lowest BCUT2D eigenvalue weighted by Crippen LogP contribution is -2.66. The molecule has 5 rings (SSSR count). The van der Waals surface area contributed by atoms with Gasteiger partial charge in [0.15, 0.2) is 5.13 Å². The van der Waals surface area contributed by atoms with Crippen LogP contribution in [-0.2, 0) is 22.6 Å². The number of fused-ring (bicyclic) bond motifs is 2. The number of thiazole rings is 1. The molecule has 37 heavy (non-hydrogen) atoms. The lowest BCUT2D eigenvalue weighted by atomic mass is 10.00. The van der Waals surface area contributed by atoms with Crippen LogP contribution in [0.4, 0.5) is 9.93 Å². The highest BCUT2D eigenvalue weighted by molar-refractivity contribution is 7.22. The number of piperazine rings is 1. The Morgan fingerprint density at radius 1 is 1.24 bits per heavy atom. The van der Waals surface area contributed by atoms with Crippen molar-refractivity contribution < 1.29 is 14.4 Å². The van der Waals surface area contributed by atoms with E-state index >= 15 is 0 Å². The molecule has 3 N–H and O–H groups in total. The number of hydrazine groups is 1. The van der Waals surface area contributed by atoms with Gasteiger partial charge in [-0.25, -0.2) is 14.8 Å². The largest absolute Gasteiger partial charge is 0.375 e. The Morgan fingerprint density at radius 3 is 2.76 bits per heavy atom. The smallest absolute Gasteiger partial charge is 0.332 e. The summed E-state index contributed by atoms with van der Waals surface area (Å²) in [4.78, 5) is 47.5. The summed E-state index contributed by atoms with van der Waals surface area (Å²) in [6.07, 6.45) is -0.275. The lowest BCUT2D eigenvalue weighted by Gasteiger charge is -2.46. The third-order valence-corrected chi connectivity index (χ3v) is 7.55. The van der Waals surface area contributed by atoms with Crippen LogP contribution in [0.1, 0.15) is 11.1 Å². The molecule has 12 heteroatoms. The zero-order valence-corrected chi connectivity index (χ0v) is 21.0. The highest BCUT2D eigenvalue weighted by Gasteiger charge is 2.52. The number of amides is 4. The van der Waals surface area contributed by atoms with Gasteiger partial charge >= 0.3 is 6.03 Å². The average Bonchev–Trinajstić information content (AvgIpc) is 3.44. The van der Waals surface area contributed by atoms with E-state index in [4.69, 9.17) is 5.73 Å². The Kier molecular flexibility index (Phi) is 6.64. The molecular weight excluding hydrogens is 492 g/mol. The molecule has 1 aromatic heterocycles. The number of nitrogens with one attached hydrogen (secondary N) is 1. The molecule has 0 spiro atoms. The summed E-state index contributed by atoms with van der Waals surface area (Å²) in [6.45, 7) is 0.108. The molecule has 2 aliphatic rings. The molecule has 3 aromatic rings. The van der Waals surface area contributed by atoms with Crippen LogP contribution in [0.25, 0.3) is 10.2 Å². The first-order chi connectivity index (χ1) is 17.9. The predicted octanol–water partition coefficient (Wildman–Crippen LogP) is 1.38. The Balaban J connectivity index is 1.52. The van der Waals surface area contributed by atoms with Crippen molar-refractivity contribution in [2.45, 2.75) is 25.2 Å². The van der Waals surface area contributed by atoms with Crippen molar-refractivity contribution in [1.82, 2.24) is 30.1 Å². The van der Waals surface area contributed by atoms with Crippen LogP contribution in [0.2, 0.25) is 0 Å². The van der Waals surface area contributed by atoms with E-state index in [1.807, 2.05) is 54.6 Å². The Labute approximate surface area is 217 Å². The number of para-hydroxylation sites is 1. The molecule has 2 fully saturated rings. The molecular formula is C25H26N8O3S. The van der Waals surface area contributed by atoms with Crippen LogP contribution >= 0.6 is 11.3 Å². The maximum Gasteiger partial charge on any atom is 0.332 e. The van der Waals surface area contributed by atoms with Crippen LogP contribution in [0, 0.1) is 11.3 Å². The summed E-state index contributed by atoms with van der Waals surface area (Å²) < 4.78 is 0.930. The van der Waals surface area contributed by atoms with Crippen molar-refractivity contribution in [2.75, 3.05) is 32.4 Å². The number of carbonyl (C=O) groups is 3.